The van der Waals surface area contributed by atoms with E-state index in [-0.39, 0.29) is 36.0 Å². The van der Waals surface area contributed by atoms with Crippen LogP contribution in [0, 0.1) is 0 Å². The molecule has 4 aromatic rings. The molecule has 4 rings (SSSR count). The third-order valence-electron chi connectivity index (χ3n) is 4.63. The molecule has 0 bridgehead atoms. The van der Waals surface area contributed by atoms with Crippen LogP contribution in [-0.2, 0) is 9.59 Å². The normalized spacial score (nSPS) is 12.0. The number of aromatic hydroxyl groups is 2. The van der Waals surface area contributed by atoms with Crippen molar-refractivity contribution in [2.24, 2.45) is 20.5 Å². The number of carbonyl (C=O) groups is 2. The second-order valence-electron chi connectivity index (χ2n) is 6.95. The molecule has 0 saturated heterocycles. The topological polar surface area (TPSA) is 156 Å². The van der Waals surface area contributed by atoms with Crippen LogP contribution in [0.2, 0.25) is 0 Å². The van der Waals surface area contributed by atoms with Gasteiger partial charge in [0.15, 0.2) is 11.4 Å². The largest absolute Gasteiger partial charge is 0.493 e. The number of aromatic nitrogens is 2. The molecule has 0 aliphatic carbocycles. The van der Waals surface area contributed by atoms with Crippen molar-refractivity contribution in [2.75, 3.05) is 0 Å². The molecule has 0 fully saturated rings. The third-order valence-corrected chi connectivity index (χ3v) is 6.80. The molecule has 10 nitrogen and oxygen atoms in total. The molecule has 2 amide bonds. The zero-order chi connectivity index (χ0) is 24.6. The van der Waals surface area contributed by atoms with E-state index < -0.39 is 11.8 Å². The molecule has 174 valence electrons. The van der Waals surface area contributed by atoms with E-state index >= 15 is 0 Å². The van der Waals surface area contributed by atoms with E-state index in [1.165, 1.54) is 0 Å². The molecule has 34 heavy (non-hydrogen) atoms. The highest BCUT2D eigenvalue weighted by atomic mass is 79.9. The molecule has 0 aliphatic heterocycles. The molecular weight excluding hydrogens is 708 g/mol. The number of nitrogens with one attached hydrogen (secondary N) is 2. The second-order valence-corrected chi connectivity index (χ2v) is 10.5. The van der Waals surface area contributed by atoms with Crippen molar-refractivity contribution in [1.82, 2.24) is 9.97 Å². The van der Waals surface area contributed by atoms with Gasteiger partial charge in [-0.1, -0.05) is 31.9 Å². The minimum atomic E-state index is -0.672. The van der Waals surface area contributed by atoms with Crippen LogP contribution in [0.5, 0.6) is 11.8 Å². The number of hydrogen-bond donors (Lipinski definition) is 4. The molecule has 2 aromatic heterocycles. The number of carbonyl (C=O) groups excluding carboxylic acids is 2. The zero-order valence-electron chi connectivity index (χ0n) is 16.7. The summed E-state index contributed by atoms with van der Waals surface area (Å²) in [4.78, 5) is 29.7. The first-order valence-electron chi connectivity index (χ1n) is 9.42. The van der Waals surface area contributed by atoms with E-state index in [1.54, 1.807) is 24.3 Å². The quantitative estimate of drug-likeness (QED) is 0.155. The van der Waals surface area contributed by atoms with Gasteiger partial charge in [0.1, 0.15) is 0 Å². The van der Waals surface area contributed by atoms with Crippen LogP contribution in [0.4, 0.5) is 11.4 Å². The van der Waals surface area contributed by atoms with E-state index in [0.717, 1.165) is 8.95 Å². The second kappa shape index (κ2) is 10.1. The fraction of sp³-hybridized carbons (Fsp3) is 0.100. The van der Waals surface area contributed by atoms with Gasteiger partial charge in [0.2, 0.25) is 11.8 Å². The fourth-order valence-electron chi connectivity index (χ4n) is 3.11. The highest BCUT2D eigenvalue weighted by molar-refractivity contribution is 9.11. The number of benzene rings is 2. The van der Waals surface area contributed by atoms with Crippen molar-refractivity contribution in [3.8, 4) is 11.8 Å². The van der Waals surface area contributed by atoms with Gasteiger partial charge in [-0.3, -0.25) is 9.59 Å². The maximum atomic E-state index is 12.1. The first kappa shape index (κ1) is 24.7. The third kappa shape index (κ3) is 5.14. The van der Waals surface area contributed by atoms with Gasteiger partial charge < -0.3 is 20.2 Å². The predicted octanol–water partition coefficient (Wildman–Crippen LogP) is 7.81. The Morgan fingerprint density at radius 3 is 1.47 bits per heavy atom. The highest BCUT2D eigenvalue weighted by Gasteiger charge is 2.16. The average Bonchev–Trinajstić information content (AvgIpc) is 3.25. The molecule has 4 N–H and O–H groups in total. The van der Waals surface area contributed by atoms with Crippen LogP contribution in [0.1, 0.15) is 12.8 Å². The van der Waals surface area contributed by atoms with Crippen molar-refractivity contribution >= 4 is 109 Å². The molecule has 0 aliphatic rings. The Kier molecular flexibility index (Phi) is 7.31. The number of azo groups is 2. The summed E-state index contributed by atoms with van der Waals surface area (Å²) in [5.41, 5.74) is 1.39. The predicted molar refractivity (Wildman–Crippen MR) is 139 cm³/mol. The monoisotopic (exact) mass is 716 g/mol. The van der Waals surface area contributed by atoms with Gasteiger partial charge in [-0.15, -0.1) is 20.5 Å². The van der Waals surface area contributed by atoms with Gasteiger partial charge in [0, 0.05) is 41.5 Å². The Labute approximate surface area is 224 Å². The van der Waals surface area contributed by atoms with Gasteiger partial charge in [0.25, 0.3) is 11.8 Å². The van der Waals surface area contributed by atoms with E-state index in [0.29, 0.717) is 30.8 Å². The number of nitrogens with zero attached hydrogens (tertiary/aromatic N) is 4. The number of amides is 2. The Balaban J connectivity index is 1.43. The van der Waals surface area contributed by atoms with Gasteiger partial charge >= 0.3 is 0 Å². The maximum absolute atomic E-state index is 12.1. The van der Waals surface area contributed by atoms with Gasteiger partial charge in [-0.2, -0.15) is 0 Å². The van der Waals surface area contributed by atoms with E-state index in [9.17, 15) is 19.8 Å². The summed E-state index contributed by atoms with van der Waals surface area (Å²) in [5, 5.41) is 36.2. The minimum Gasteiger partial charge on any atom is -0.493 e. The van der Waals surface area contributed by atoms with Crippen LogP contribution >= 0.6 is 63.7 Å². The molecule has 0 unspecified atom stereocenters. The van der Waals surface area contributed by atoms with Crippen LogP contribution in [-0.4, -0.2) is 32.0 Å². The molecule has 0 spiro atoms. The summed E-state index contributed by atoms with van der Waals surface area (Å²) < 4.78 is 2.87. The van der Waals surface area contributed by atoms with Crippen molar-refractivity contribution in [2.45, 2.75) is 12.8 Å². The standard InChI is InChI=1S/C20H12Br4N6O4/c21-7-3-9-15(11(23)5-7)25-19(33)17(9)29-27-13(31)1-2-14(32)28-30-18-10-4-8(22)6-12(24)16(10)26-20(18)34/h3-6,25-26,33-34H,1-2H2. The first-order valence-corrected chi connectivity index (χ1v) is 12.6. The summed E-state index contributed by atoms with van der Waals surface area (Å²) in [7, 11) is 0. The van der Waals surface area contributed by atoms with E-state index in [2.05, 4.69) is 94.1 Å². The summed E-state index contributed by atoms with van der Waals surface area (Å²) in [5.74, 6) is -1.83. The Bertz CT molecular complexity index is 1410. The molecule has 0 radical (unpaired) electrons. The van der Waals surface area contributed by atoms with E-state index in [4.69, 9.17) is 0 Å². The van der Waals surface area contributed by atoms with Crippen molar-refractivity contribution in [3.63, 3.8) is 0 Å². The number of hydrogen-bond acceptors (Lipinski definition) is 6. The molecule has 0 atom stereocenters. The number of rotatable bonds is 5. The van der Waals surface area contributed by atoms with Crippen LogP contribution in [0.25, 0.3) is 21.8 Å². The molecule has 14 heteroatoms. The first-order chi connectivity index (χ1) is 16.1. The number of H-pyrrole nitrogens is 2. The molecule has 2 aromatic carbocycles. The number of aromatic amines is 2. The number of fused-ring (bicyclic) bond motifs is 2. The van der Waals surface area contributed by atoms with Crippen LogP contribution in [0.15, 0.2) is 62.6 Å². The van der Waals surface area contributed by atoms with Crippen molar-refractivity contribution < 1.29 is 19.8 Å². The molecule has 2 heterocycles. The van der Waals surface area contributed by atoms with Gasteiger partial charge in [0.05, 0.1) is 11.0 Å². The van der Waals surface area contributed by atoms with E-state index in [1.807, 2.05) is 0 Å². The lowest BCUT2D eigenvalue weighted by atomic mass is 10.2. The van der Waals surface area contributed by atoms with Crippen LogP contribution < -0.4 is 0 Å². The van der Waals surface area contributed by atoms with Crippen molar-refractivity contribution in [1.29, 1.82) is 0 Å². The van der Waals surface area contributed by atoms with Crippen molar-refractivity contribution in [3.05, 3.63) is 42.2 Å². The summed E-state index contributed by atoms with van der Waals surface area (Å²) >= 11 is 13.5. The maximum Gasteiger partial charge on any atom is 0.265 e. The van der Waals surface area contributed by atoms with Gasteiger partial charge in [-0.25, -0.2) is 0 Å². The number of halogens is 4. The Morgan fingerprint density at radius 2 is 1.09 bits per heavy atom. The highest BCUT2D eigenvalue weighted by Crippen LogP contribution is 2.41. The zero-order valence-corrected chi connectivity index (χ0v) is 23.1. The summed E-state index contributed by atoms with van der Waals surface area (Å²) in [6.45, 7) is 0. The lowest BCUT2D eigenvalue weighted by Gasteiger charge is -1.97. The van der Waals surface area contributed by atoms with Crippen LogP contribution in [0.3, 0.4) is 0 Å². The Hall–Kier alpha value is -2.42. The molecular formula is C20H12Br4N6O4. The SMILES string of the molecule is O=C(CCC(=O)N=Nc1c(O)[nH]c2c(Br)cc(Br)cc12)N=Nc1c(O)[nH]c2c(Br)cc(Br)cc12. The van der Waals surface area contributed by atoms with Gasteiger partial charge in [-0.05, 0) is 56.1 Å². The fourth-order valence-corrected chi connectivity index (χ4v) is 5.76. The Morgan fingerprint density at radius 1 is 0.706 bits per heavy atom. The molecule has 0 saturated carbocycles. The minimum absolute atomic E-state index is 0.100. The average molecular weight is 720 g/mol. The smallest absolute Gasteiger partial charge is 0.265 e. The lowest BCUT2D eigenvalue weighted by Crippen LogP contribution is -1.98. The lowest BCUT2D eigenvalue weighted by molar-refractivity contribution is -0.123. The summed E-state index contributed by atoms with van der Waals surface area (Å²) in [6, 6.07) is 7.02. The summed E-state index contributed by atoms with van der Waals surface area (Å²) in [6.07, 6.45) is -0.510.